The molecule has 3 aromatic rings. The van der Waals surface area contributed by atoms with Crippen LogP contribution < -0.4 is 5.32 Å². The quantitative estimate of drug-likeness (QED) is 0.454. The first-order chi connectivity index (χ1) is 12.7. The number of carbonyl (C=O) groups excluding carboxylic acids is 1. The molecular weight excluding hydrogens is 364 g/mol. The molecule has 1 aromatic carbocycles. The highest BCUT2D eigenvalue weighted by molar-refractivity contribution is 8.02. The number of nitrogens with one attached hydrogen (secondary N) is 2. The second-order valence-corrected chi connectivity index (χ2v) is 9.29. The molecule has 1 fully saturated rings. The maximum Gasteiger partial charge on any atom is 0.206 e. The summed E-state index contributed by atoms with van der Waals surface area (Å²) in [7, 11) is 0. The summed E-state index contributed by atoms with van der Waals surface area (Å²) in [5.74, 6) is 0.115. The van der Waals surface area contributed by atoms with E-state index in [1.54, 1.807) is 17.5 Å². The number of aromatic amines is 1. The number of aromatic nitrogens is 3. The molecule has 2 heterocycles. The molecule has 0 amide bonds. The van der Waals surface area contributed by atoms with E-state index in [2.05, 4.69) is 20.5 Å². The van der Waals surface area contributed by atoms with Crippen LogP contribution in [-0.4, -0.2) is 32.3 Å². The van der Waals surface area contributed by atoms with Crippen molar-refractivity contribution in [3.05, 3.63) is 36.0 Å². The lowest BCUT2D eigenvalue weighted by molar-refractivity contribution is 0.0995. The minimum absolute atomic E-state index is 0.115. The Morgan fingerprint density at radius 2 is 2.08 bits per heavy atom. The molecule has 5 nitrogen and oxygen atoms in total. The summed E-state index contributed by atoms with van der Waals surface area (Å²) in [4.78, 5) is 16.0. The van der Waals surface area contributed by atoms with E-state index < -0.39 is 0 Å². The van der Waals surface area contributed by atoms with Gasteiger partial charge >= 0.3 is 0 Å². The molecule has 0 radical (unpaired) electrons. The van der Waals surface area contributed by atoms with Gasteiger partial charge in [-0.25, -0.2) is 0 Å². The van der Waals surface area contributed by atoms with E-state index >= 15 is 0 Å². The number of anilines is 1. The number of hydrogen-bond acceptors (Lipinski definition) is 6. The van der Waals surface area contributed by atoms with Gasteiger partial charge in [0.05, 0.1) is 5.25 Å². The molecule has 1 aliphatic carbocycles. The standard InChI is InChI=1S/C19H22N4OS2/c1-12(17(24)15-11-20-16-10-6-5-9-14(15)16)25-19-23-22-18(26-19)21-13-7-3-2-4-8-13/h5-6,9-13,20H,2-4,7-8H2,1H3,(H,21,22). The zero-order valence-electron chi connectivity index (χ0n) is 14.7. The van der Waals surface area contributed by atoms with Crippen molar-refractivity contribution >= 4 is 44.9 Å². The SMILES string of the molecule is CC(Sc1nnc(NC2CCCCC2)s1)C(=O)c1c[nH]c2ccccc12. The lowest BCUT2D eigenvalue weighted by Crippen LogP contribution is -2.21. The van der Waals surface area contributed by atoms with Crippen molar-refractivity contribution in [2.24, 2.45) is 0 Å². The molecule has 0 bridgehead atoms. The summed E-state index contributed by atoms with van der Waals surface area (Å²) in [6.07, 6.45) is 8.13. The highest BCUT2D eigenvalue weighted by atomic mass is 32.2. The molecule has 2 N–H and O–H groups in total. The molecule has 0 aliphatic heterocycles. The molecule has 1 unspecified atom stereocenters. The van der Waals surface area contributed by atoms with Crippen LogP contribution in [0, 0.1) is 0 Å². The van der Waals surface area contributed by atoms with E-state index in [9.17, 15) is 4.79 Å². The molecule has 1 saturated carbocycles. The molecule has 0 saturated heterocycles. The summed E-state index contributed by atoms with van der Waals surface area (Å²) in [5, 5.41) is 13.6. The van der Waals surface area contributed by atoms with Gasteiger partial charge in [0.2, 0.25) is 5.13 Å². The summed E-state index contributed by atoms with van der Waals surface area (Å²) in [5.41, 5.74) is 1.73. The Labute approximate surface area is 161 Å². The second-order valence-electron chi connectivity index (χ2n) is 6.72. The third kappa shape index (κ3) is 3.78. The van der Waals surface area contributed by atoms with Crippen LogP contribution >= 0.6 is 23.1 Å². The fourth-order valence-electron chi connectivity index (χ4n) is 3.44. The van der Waals surface area contributed by atoms with Gasteiger partial charge in [0, 0.05) is 28.7 Å². The van der Waals surface area contributed by atoms with Gasteiger partial charge in [-0.2, -0.15) is 0 Å². The number of ketones is 1. The molecule has 136 valence electrons. The molecular formula is C19H22N4OS2. The maximum absolute atomic E-state index is 12.8. The van der Waals surface area contributed by atoms with Crippen LogP contribution in [0.5, 0.6) is 0 Å². The van der Waals surface area contributed by atoms with Crippen molar-refractivity contribution in [3.8, 4) is 0 Å². The normalized spacial score (nSPS) is 16.7. The lowest BCUT2D eigenvalue weighted by atomic mass is 9.96. The highest BCUT2D eigenvalue weighted by Crippen LogP contribution is 2.32. The highest BCUT2D eigenvalue weighted by Gasteiger charge is 2.22. The van der Waals surface area contributed by atoms with Crippen molar-refractivity contribution in [1.29, 1.82) is 0 Å². The van der Waals surface area contributed by atoms with Crippen LogP contribution in [0.15, 0.2) is 34.8 Å². The number of Topliss-reactive ketones (excluding diaryl/α,β-unsaturated/α-hetero) is 1. The number of H-pyrrole nitrogens is 1. The molecule has 4 rings (SSSR count). The summed E-state index contributed by atoms with van der Waals surface area (Å²) in [6.45, 7) is 1.93. The van der Waals surface area contributed by atoms with Crippen LogP contribution in [0.4, 0.5) is 5.13 Å². The second kappa shape index (κ2) is 7.80. The van der Waals surface area contributed by atoms with Crippen molar-refractivity contribution in [2.75, 3.05) is 5.32 Å². The summed E-state index contributed by atoms with van der Waals surface area (Å²) >= 11 is 3.03. The number of rotatable bonds is 6. The number of benzene rings is 1. The Morgan fingerprint density at radius 3 is 2.92 bits per heavy atom. The summed E-state index contributed by atoms with van der Waals surface area (Å²) in [6, 6.07) is 8.40. The van der Waals surface area contributed by atoms with Crippen LogP contribution in [0.2, 0.25) is 0 Å². The van der Waals surface area contributed by atoms with Gasteiger partial charge < -0.3 is 10.3 Å². The third-order valence-corrected chi connectivity index (χ3v) is 6.88. The molecule has 1 aliphatic rings. The number of fused-ring (bicyclic) bond motifs is 1. The Kier molecular flexibility index (Phi) is 5.26. The van der Waals surface area contributed by atoms with Crippen LogP contribution in [0.25, 0.3) is 10.9 Å². The van der Waals surface area contributed by atoms with Gasteiger partial charge in [-0.3, -0.25) is 4.79 Å². The van der Waals surface area contributed by atoms with E-state index in [-0.39, 0.29) is 11.0 Å². The topological polar surface area (TPSA) is 70.7 Å². The Hall–Kier alpha value is -1.86. The number of carbonyl (C=O) groups is 1. The Morgan fingerprint density at radius 1 is 1.27 bits per heavy atom. The minimum atomic E-state index is -0.204. The average molecular weight is 387 g/mol. The smallest absolute Gasteiger partial charge is 0.206 e. The predicted octanol–water partition coefficient (Wildman–Crippen LogP) is 5.13. The number of thioether (sulfide) groups is 1. The molecule has 26 heavy (non-hydrogen) atoms. The van der Waals surface area contributed by atoms with Gasteiger partial charge in [0.15, 0.2) is 10.1 Å². The van der Waals surface area contributed by atoms with Gasteiger partial charge in [-0.05, 0) is 25.8 Å². The van der Waals surface area contributed by atoms with Crippen molar-refractivity contribution in [3.63, 3.8) is 0 Å². The van der Waals surface area contributed by atoms with E-state index in [0.717, 1.165) is 25.9 Å². The zero-order valence-corrected chi connectivity index (χ0v) is 16.3. The maximum atomic E-state index is 12.8. The lowest BCUT2D eigenvalue weighted by Gasteiger charge is -2.21. The molecule has 1 atom stereocenters. The van der Waals surface area contributed by atoms with E-state index in [0.29, 0.717) is 6.04 Å². The number of nitrogens with zero attached hydrogens (tertiary/aromatic N) is 2. The monoisotopic (exact) mass is 386 g/mol. The van der Waals surface area contributed by atoms with E-state index in [1.165, 1.54) is 43.9 Å². The van der Waals surface area contributed by atoms with Gasteiger partial charge in [-0.1, -0.05) is 60.6 Å². The first kappa shape index (κ1) is 17.5. The van der Waals surface area contributed by atoms with E-state index in [1.807, 2.05) is 31.2 Å². The Bertz CT molecular complexity index is 898. The van der Waals surface area contributed by atoms with Crippen LogP contribution in [0.1, 0.15) is 49.4 Å². The fraction of sp³-hybridized carbons (Fsp3) is 0.421. The molecule has 2 aromatic heterocycles. The van der Waals surface area contributed by atoms with E-state index in [4.69, 9.17) is 0 Å². The van der Waals surface area contributed by atoms with Crippen LogP contribution in [-0.2, 0) is 0 Å². The van der Waals surface area contributed by atoms with Gasteiger partial charge in [-0.15, -0.1) is 10.2 Å². The largest absolute Gasteiger partial charge is 0.360 e. The Balaban J connectivity index is 1.41. The van der Waals surface area contributed by atoms with Gasteiger partial charge in [0.1, 0.15) is 0 Å². The predicted molar refractivity (Wildman–Crippen MR) is 108 cm³/mol. The van der Waals surface area contributed by atoms with Crippen LogP contribution in [0.3, 0.4) is 0 Å². The van der Waals surface area contributed by atoms with Crippen molar-refractivity contribution in [1.82, 2.24) is 15.2 Å². The summed E-state index contributed by atoms with van der Waals surface area (Å²) < 4.78 is 0.837. The first-order valence-corrected chi connectivity index (χ1v) is 10.8. The number of para-hydroxylation sites is 1. The minimum Gasteiger partial charge on any atom is -0.360 e. The number of hydrogen-bond donors (Lipinski definition) is 2. The molecule has 7 heteroatoms. The van der Waals surface area contributed by atoms with Crippen molar-refractivity contribution < 1.29 is 4.79 Å². The van der Waals surface area contributed by atoms with Gasteiger partial charge in [0.25, 0.3) is 0 Å². The third-order valence-electron chi connectivity index (χ3n) is 4.84. The fourth-order valence-corrected chi connectivity index (χ4v) is 5.48. The molecule has 0 spiro atoms. The average Bonchev–Trinajstić information content (AvgIpc) is 3.29. The first-order valence-electron chi connectivity index (χ1n) is 9.08. The van der Waals surface area contributed by atoms with Crippen molar-refractivity contribution in [2.45, 2.75) is 54.7 Å². The zero-order chi connectivity index (χ0) is 17.9.